The maximum Gasteiger partial charge on any atom is 0.306 e. The number of benzene rings is 2. The summed E-state index contributed by atoms with van der Waals surface area (Å²) >= 11 is 0. The zero-order valence-corrected chi connectivity index (χ0v) is 20.9. The number of hydrogen-bond donors (Lipinski definition) is 1. The van der Waals surface area contributed by atoms with Gasteiger partial charge in [-0.3, -0.25) is 14.6 Å². The van der Waals surface area contributed by atoms with Crippen molar-refractivity contribution in [2.75, 3.05) is 65.5 Å². The van der Waals surface area contributed by atoms with Gasteiger partial charge >= 0.3 is 5.97 Å². The molecule has 2 heterocycles. The van der Waals surface area contributed by atoms with E-state index in [4.69, 9.17) is 14.2 Å². The molecule has 1 N–H and O–H groups in total. The Balaban J connectivity index is 1.30. The van der Waals surface area contributed by atoms with Crippen LogP contribution in [0.2, 0.25) is 0 Å². The summed E-state index contributed by atoms with van der Waals surface area (Å²) in [7, 11) is 3.68. The molecule has 0 saturated carbocycles. The van der Waals surface area contributed by atoms with Gasteiger partial charge in [-0.15, -0.1) is 0 Å². The molecule has 2 aromatic carbocycles. The van der Waals surface area contributed by atoms with Gasteiger partial charge in [-0.2, -0.15) is 5.10 Å². The van der Waals surface area contributed by atoms with Gasteiger partial charge in [0.25, 0.3) is 5.91 Å². The van der Waals surface area contributed by atoms with Crippen molar-refractivity contribution in [1.82, 2.24) is 9.91 Å². The van der Waals surface area contributed by atoms with Crippen LogP contribution < -0.4 is 10.1 Å². The second kappa shape index (κ2) is 12.5. The lowest BCUT2D eigenvalue weighted by atomic mass is 9.93. The summed E-state index contributed by atoms with van der Waals surface area (Å²) in [4.78, 5) is 27.1. The third kappa shape index (κ3) is 7.29. The van der Waals surface area contributed by atoms with Crippen molar-refractivity contribution >= 4 is 23.8 Å². The van der Waals surface area contributed by atoms with Crippen LogP contribution in [0.15, 0.2) is 47.6 Å². The molecule has 0 spiro atoms. The number of nitrogens with zero attached hydrogens (tertiary/aromatic N) is 3. The van der Waals surface area contributed by atoms with Crippen LogP contribution in [-0.2, 0) is 20.7 Å². The van der Waals surface area contributed by atoms with Crippen molar-refractivity contribution in [2.24, 2.45) is 11.0 Å². The van der Waals surface area contributed by atoms with Crippen LogP contribution in [0.4, 0.5) is 5.69 Å². The molecule has 0 aromatic heterocycles. The molecule has 0 bridgehead atoms. The number of methoxy groups -OCH3 is 1. The third-order valence-electron chi connectivity index (χ3n) is 6.33. The molecule has 9 heteroatoms. The van der Waals surface area contributed by atoms with Gasteiger partial charge in [-0.25, -0.2) is 0 Å². The van der Waals surface area contributed by atoms with Crippen LogP contribution in [0.25, 0.3) is 0 Å². The van der Waals surface area contributed by atoms with E-state index in [2.05, 4.69) is 27.4 Å². The molecule has 9 nitrogen and oxygen atoms in total. The molecule has 1 saturated heterocycles. The fraction of sp³-hybridized carbons (Fsp3) is 0.444. The molecule has 0 aliphatic carbocycles. The average Bonchev–Trinajstić information content (AvgIpc) is 2.88. The number of nitrogens with one attached hydrogen (secondary N) is 1. The number of anilines is 1. The van der Waals surface area contributed by atoms with E-state index < -0.39 is 0 Å². The van der Waals surface area contributed by atoms with Gasteiger partial charge in [0, 0.05) is 50.5 Å². The number of likely N-dealkylation sites (N-methyl/N-ethyl adjacent to an activating group) is 1. The minimum atomic E-state index is -0.259. The highest BCUT2D eigenvalue weighted by Crippen LogP contribution is 2.31. The van der Waals surface area contributed by atoms with Crippen molar-refractivity contribution in [3.05, 3.63) is 59.2 Å². The highest BCUT2D eigenvalue weighted by atomic mass is 16.6. The van der Waals surface area contributed by atoms with Gasteiger partial charge in [-0.05, 0) is 54.9 Å². The number of esters is 1. The molecule has 0 radical (unpaired) electrons. The smallest absolute Gasteiger partial charge is 0.306 e. The van der Waals surface area contributed by atoms with E-state index in [-0.39, 0.29) is 30.8 Å². The van der Waals surface area contributed by atoms with E-state index in [1.807, 2.05) is 36.5 Å². The lowest BCUT2D eigenvalue weighted by Gasteiger charge is -2.30. The van der Waals surface area contributed by atoms with Crippen LogP contribution in [0.1, 0.15) is 27.9 Å². The summed E-state index contributed by atoms with van der Waals surface area (Å²) in [5.74, 6) is 0.359. The minimum absolute atomic E-state index is 0.0264. The molecule has 2 aromatic rings. The number of fused-ring (bicyclic) bond motifs is 1. The molecule has 1 atom stereocenters. The monoisotopic (exact) mass is 494 g/mol. The first kappa shape index (κ1) is 25.7. The maximum atomic E-state index is 12.8. The molecular weight excluding hydrogens is 460 g/mol. The minimum Gasteiger partial charge on any atom is -0.493 e. The fourth-order valence-corrected chi connectivity index (χ4v) is 4.18. The number of hydrogen-bond acceptors (Lipinski definition) is 8. The normalized spacial score (nSPS) is 17.9. The van der Waals surface area contributed by atoms with Crippen LogP contribution in [0.5, 0.6) is 5.75 Å². The van der Waals surface area contributed by atoms with E-state index in [9.17, 15) is 9.59 Å². The maximum absolute atomic E-state index is 12.8. The van der Waals surface area contributed by atoms with Crippen molar-refractivity contribution < 1.29 is 23.8 Å². The lowest BCUT2D eigenvalue weighted by molar-refractivity contribution is -0.146. The highest BCUT2D eigenvalue weighted by Gasteiger charge is 2.23. The number of amides is 1. The summed E-state index contributed by atoms with van der Waals surface area (Å²) < 4.78 is 15.9. The fourth-order valence-electron chi connectivity index (χ4n) is 4.18. The Hall–Kier alpha value is -3.43. The van der Waals surface area contributed by atoms with Gasteiger partial charge in [0.15, 0.2) is 0 Å². The standard InChI is InChI=1S/C27H34N4O5/c1-30-9-11-31(12-10-30)28-18-20-3-5-22(6-4-20)27(33)29-24-7-8-25-23(17-24)15-21(19-36-25)16-26(32)35-14-13-34-2/h3-8,17-18,21H,9-16,19H2,1-2H3,(H,29,33)/b28-18+. The van der Waals surface area contributed by atoms with E-state index in [0.29, 0.717) is 30.9 Å². The average molecular weight is 495 g/mol. The molecule has 1 amide bonds. The second-order valence-electron chi connectivity index (χ2n) is 9.20. The molecule has 36 heavy (non-hydrogen) atoms. The SMILES string of the molecule is COCCOC(=O)CC1COc2ccc(NC(=O)c3ccc(/C=N/N4CCN(C)CC4)cc3)cc2C1. The topological polar surface area (TPSA) is 92.7 Å². The van der Waals surface area contributed by atoms with Gasteiger partial charge in [-0.1, -0.05) is 12.1 Å². The first-order valence-electron chi connectivity index (χ1n) is 12.3. The molecule has 1 unspecified atom stereocenters. The Labute approximate surface area is 212 Å². The van der Waals surface area contributed by atoms with Gasteiger partial charge in [0.1, 0.15) is 12.4 Å². The predicted octanol–water partition coefficient (Wildman–Crippen LogP) is 2.65. The number of piperazine rings is 1. The highest BCUT2D eigenvalue weighted by molar-refractivity contribution is 6.04. The quantitative estimate of drug-likeness (QED) is 0.326. The molecular formula is C27H34N4O5. The van der Waals surface area contributed by atoms with Gasteiger partial charge in [0.05, 0.1) is 25.8 Å². The summed E-state index contributed by atoms with van der Waals surface area (Å²) in [5, 5.41) is 9.57. The number of carbonyl (C=O) groups is 2. The molecule has 4 rings (SSSR count). The lowest BCUT2D eigenvalue weighted by Crippen LogP contribution is -2.41. The predicted molar refractivity (Wildman–Crippen MR) is 138 cm³/mol. The van der Waals surface area contributed by atoms with Crippen molar-refractivity contribution in [1.29, 1.82) is 0 Å². The summed E-state index contributed by atoms with van der Waals surface area (Å²) in [6.07, 6.45) is 2.80. The number of carbonyl (C=O) groups excluding carboxylic acids is 2. The molecule has 192 valence electrons. The van der Waals surface area contributed by atoms with Crippen LogP contribution in [-0.4, -0.2) is 88.2 Å². The second-order valence-corrected chi connectivity index (χ2v) is 9.20. The van der Waals surface area contributed by atoms with E-state index >= 15 is 0 Å². The zero-order valence-electron chi connectivity index (χ0n) is 20.9. The first-order chi connectivity index (χ1) is 17.5. The Morgan fingerprint density at radius 2 is 1.89 bits per heavy atom. The molecule has 2 aliphatic heterocycles. The van der Waals surface area contributed by atoms with Gasteiger partial charge < -0.3 is 24.4 Å². The van der Waals surface area contributed by atoms with Crippen molar-refractivity contribution in [3.8, 4) is 5.75 Å². The summed E-state index contributed by atoms with van der Waals surface area (Å²) in [5.41, 5.74) is 3.16. The van der Waals surface area contributed by atoms with Crippen LogP contribution in [0.3, 0.4) is 0 Å². The summed E-state index contributed by atoms with van der Waals surface area (Å²) in [6, 6.07) is 13.0. The van der Waals surface area contributed by atoms with E-state index in [1.54, 1.807) is 19.2 Å². The summed E-state index contributed by atoms with van der Waals surface area (Å²) in [6.45, 7) is 4.94. The third-order valence-corrected chi connectivity index (χ3v) is 6.33. The number of rotatable bonds is 9. The number of ether oxygens (including phenoxy) is 3. The van der Waals surface area contributed by atoms with E-state index in [0.717, 1.165) is 43.1 Å². The van der Waals surface area contributed by atoms with Crippen molar-refractivity contribution in [3.63, 3.8) is 0 Å². The van der Waals surface area contributed by atoms with Gasteiger partial charge in [0.2, 0.25) is 0 Å². The largest absolute Gasteiger partial charge is 0.493 e. The Morgan fingerprint density at radius 3 is 2.64 bits per heavy atom. The Kier molecular flexibility index (Phi) is 8.91. The zero-order chi connectivity index (χ0) is 25.3. The molecule has 1 fully saturated rings. The first-order valence-corrected chi connectivity index (χ1v) is 12.3. The molecule has 2 aliphatic rings. The van der Waals surface area contributed by atoms with Crippen LogP contribution >= 0.6 is 0 Å². The number of hydrazone groups is 1. The van der Waals surface area contributed by atoms with E-state index in [1.165, 1.54) is 0 Å². The Morgan fingerprint density at radius 1 is 1.11 bits per heavy atom. The van der Waals surface area contributed by atoms with Crippen LogP contribution in [0, 0.1) is 5.92 Å². The van der Waals surface area contributed by atoms with Crippen molar-refractivity contribution in [2.45, 2.75) is 12.8 Å². The Bertz CT molecular complexity index is 1060.